The summed E-state index contributed by atoms with van der Waals surface area (Å²) >= 11 is 0. The van der Waals surface area contributed by atoms with Crippen molar-refractivity contribution in [1.29, 1.82) is 5.26 Å². The largest absolute Gasteiger partial charge is 0.496 e. The monoisotopic (exact) mass is 679 g/mol. The Bertz CT molecular complexity index is 1870. The minimum absolute atomic E-state index is 0.168. The summed E-state index contributed by atoms with van der Waals surface area (Å²) in [6.07, 6.45) is 1.18. The maximum Gasteiger partial charge on any atom is 0.419 e. The minimum atomic E-state index is -1.58. The van der Waals surface area contributed by atoms with Crippen molar-refractivity contribution in [2.45, 2.75) is 104 Å². The highest BCUT2D eigenvalue weighted by atomic mass is 32.2. The van der Waals surface area contributed by atoms with Crippen LogP contribution in [0.15, 0.2) is 36.5 Å². The average Bonchev–Trinajstić information content (AvgIpc) is 3.55. The summed E-state index contributed by atoms with van der Waals surface area (Å²) in [5.74, 6) is 1.07. The van der Waals surface area contributed by atoms with E-state index in [1.807, 2.05) is 78.2 Å². The van der Waals surface area contributed by atoms with Gasteiger partial charge in [0.15, 0.2) is 0 Å². The fraction of sp³-hybridized carbons (Fsp3) is 0.514. The predicted molar refractivity (Wildman–Crippen MR) is 191 cm³/mol. The van der Waals surface area contributed by atoms with Gasteiger partial charge in [0.2, 0.25) is 0 Å². The molecular formula is C35H49N5O5SSi. The number of aromatic nitrogens is 3. The lowest BCUT2D eigenvalue weighted by Gasteiger charge is -2.35. The maximum absolute atomic E-state index is 14.1. The van der Waals surface area contributed by atoms with Crippen LogP contribution in [0.2, 0.25) is 25.7 Å². The zero-order valence-corrected chi connectivity index (χ0v) is 31.6. The summed E-state index contributed by atoms with van der Waals surface area (Å²) in [6, 6.07) is 12.3. The molecule has 2 aromatic carbocycles. The summed E-state index contributed by atoms with van der Waals surface area (Å²) < 4.78 is 38.4. The highest BCUT2D eigenvalue weighted by Crippen LogP contribution is 2.44. The van der Waals surface area contributed by atoms with Crippen molar-refractivity contribution >= 4 is 47.1 Å². The lowest BCUT2D eigenvalue weighted by molar-refractivity contribution is 0.0544. The molecule has 0 aliphatic rings. The van der Waals surface area contributed by atoms with Gasteiger partial charge in [-0.05, 0) is 97.3 Å². The molecule has 0 spiro atoms. The Morgan fingerprint density at radius 2 is 1.77 bits per heavy atom. The Hall–Kier alpha value is -3.50. The number of carbonyl (C=O) groups is 1. The van der Waals surface area contributed by atoms with Crippen molar-refractivity contribution in [3.63, 3.8) is 0 Å². The molecule has 2 aromatic heterocycles. The third-order valence-electron chi connectivity index (χ3n) is 7.83. The van der Waals surface area contributed by atoms with Gasteiger partial charge in [0.05, 0.1) is 51.0 Å². The molecule has 0 aliphatic carbocycles. The van der Waals surface area contributed by atoms with E-state index in [9.17, 15) is 14.3 Å². The molecule has 2 atom stereocenters. The Labute approximate surface area is 282 Å². The van der Waals surface area contributed by atoms with Crippen LogP contribution >= 0.6 is 0 Å². The number of aryl methyl sites for hydroxylation is 1. The second-order valence-electron chi connectivity index (χ2n) is 15.3. The molecule has 0 aliphatic heterocycles. The van der Waals surface area contributed by atoms with Crippen LogP contribution in [0.3, 0.4) is 0 Å². The van der Waals surface area contributed by atoms with E-state index in [1.165, 1.54) is 4.57 Å². The Morgan fingerprint density at radius 1 is 1.09 bits per heavy atom. The number of carbonyl (C=O) groups excluding carboxylic acids is 1. The number of imidazole rings is 1. The molecule has 2 unspecified atom stereocenters. The number of ether oxygens (including phenoxy) is 3. The zero-order chi connectivity index (χ0) is 35.1. The second kappa shape index (κ2) is 13.2. The van der Waals surface area contributed by atoms with Crippen LogP contribution in [0.1, 0.15) is 71.0 Å². The molecule has 0 bridgehead atoms. The fourth-order valence-corrected chi connectivity index (χ4v) is 7.06. The molecule has 254 valence electrons. The third kappa shape index (κ3) is 7.80. The van der Waals surface area contributed by atoms with Gasteiger partial charge in [0.1, 0.15) is 29.4 Å². The van der Waals surface area contributed by atoms with Crippen LogP contribution in [0.25, 0.3) is 21.9 Å². The van der Waals surface area contributed by atoms with E-state index in [0.717, 1.165) is 17.1 Å². The molecule has 47 heavy (non-hydrogen) atoms. The standard InChI is InChI=1S/C35H49N5O5SSi/c1-23-19-28(43-9)29(25-15-16-39(30(23)25)32(41)45-33(2,3)4)35(8,38-46(42)34(5,6)7)31-37-26-14-13-24(21-36)20-27(26)40(31)22-44-17-18-47(10,11)12/h13-16,19-20,38H,17-18,22H2,1-12H3. The van der Waals surface area contributed by atoms with Crippen LogP contribution in [0.5, 0.6) is 5.75 Å². The number of nitriles is 1. The van der Waals surface area contributed by atoms with Gasteiger partial charge < -0.3 is 18.8 Å². The van der Waals surface area contributed by atoms with E-state index in [4.69, 9.17) is 19.2 Å². The maximum atomic E-state index is 14.1. The van der Waals surface area contributed by atoms with Gasteiger partial charge in [-0.3, -0.25) is 4.57 Å². The predicted octanol–water partition coefficient (Wildman–Crippen LogP) is 7.59. The number of fused-ring (bicyclic) bond motifs is 2. The number of nitrogens with zero attached hydrogens (tertiary/aromatic N) is 4. The number of rotatable bonds is 10. The molecule has 2 heterocycles. The lowest BCUT2D eigenvalue weighted by Crippen LogP contribution is -2.48. The number of methoxy groups -OCH3 is 1. The minimum Gasteiger partial charge on any atom is -0.496 e. The van der Waals surface area contributed by atoms with E-state index in [-0.39, 0.29) is 6.73 Å². The molecule has 4 aromatic rings. The van der Waals surface area contributed by atoms with Crippen LogP contribution in [-0.4, -0.2) is 56.6 Å². The summed E-state index contributed by atoms with van der Waals surface area (Å²) in [5, 5.41) is 10.5. The van der Waals surface area contributed by atoms with Gasteiger partial charge in [0, 0.05) is 31.8 Å². The highest BCUT2D eigenvalue weighted by molar-refractivity contribution is 7.84. The average molecular weight is 680 g/mol. The molecule has 0 saturated heterocycles. The van der Waals surface area contributed by atoms with E-state index >= 15 is 0 Å². The van der Waals surface area contributed by atoms with Crippen LogP contribution < -0.4 is 9.46 Å². The van der Waals surface area contributed by atoms with Crippen molar-refractivity contribution in [2.24, 2.45) is 0 Å². The Morgan fingerprint density at radius 3 is 2.34 bits per heavy atom. The summed E-state index contributed by atoms with van der Waals surface area (Å²) in [5.41, 5.74) is 2.03. The summed E-state index contributed by atoms with van der Waals surface area (Å²) in [6.45, 7) is 22.7. The molecule has 4 rings (SSSR count). The van der Waals surface area contributed by atoms with Gasteiger partial charge in [0.25, 0.3) is 0 Å². The van der Waals surface area contributed by atoms with Crippen molar-refractivity contribution < 1.29 is 23.2 Å². The number of benzene rings is 2. The summed E-state index contributed by atoms with van der Waals surface area (Å²) in [7, 11) is -1.35. The Balaban J connectivity index is 2.06. The smallest absolute Gasteiger partial charge is 0.419 e. The van der Waals surface area contributed by atoms with Gasteiger partial charge in [-0.2, -0.15) is 5.26 Å². The third-order valence-corrected chi connectivity index (χ3v) is 11.2. The lowest BCUT2D eigenvalue weighted by atomic mass is 9.87. The van der Waals surface area contributed by atoms with E-state index in [0.29, 0.717) is 45.7 Å². The first kappa shape index (κ1) is 36.3. The number of nitrogens with one attached hydrogen (secondary N) is 1. The van der Waals surface area contributed by atoms with Gasteiger partial charge >= 0.3 is 6.09 Å². The molecule has 1 N–H and O–H groups in total. The number of hydrogen-bond acceptors (Lipinski definition) is 7. The Kier molecular flexibility index (Phi) is 10.2. The van der Waals surface area contributed by atoms with Crippen molar-refractivity contribution in [3.05, 3.63) is 59.0 Å². The molecule has 0 amide bonds. The van der Waals surface area contributed by atoms with Crippen molar-refractivity contribution in [3.8, 4) is 11.8 Å². The van der Waals surface area contributed by atoms with Gasteiger partial charge in [-0.1, -0.05) is 19.6 Å². The van der Waals surface area contributed by atoms with Crippen molar-refractivity contribution in [2.75, 3.05) is 13.7 Å². The molecule has 10 nitrogen and oxygen atoms in total. The fourth-order valence-electron chi connectivity index (χ4n) is 5.43. The molecule has 0 fully saturated rings. The topological polar surface area (TPSA) is 120 Å². The second-order valence-corrected chi connectivity index (χ2v) is 22.9. The normalized spacial score (nSPS) is 14.6. The number of hydrogen-bond donors (Lipinski definition) is 1. The van der Waals surface area contributed by atoms with Crippen molar-refractivity contribution in [1.82, 2.24) is 18.8 Å². The first-order chi connectivity index (χ1) is 21.7. The van der Waals surface area contributed by atoms with Crippen LogP contribution in [0.4, 0.5) is 4.79 Å². The highest BCUT2D eigenvalue weighted by Gasteiger charge is 2.42. The van der Waals surface area contributed by atoms with E-state index in [1.54, 1.807) is 25.4 Å². The van der Waals surface area contributed by atoms with Gasteiger partial charge in [-0.25, -0.2) is 18.7 Å². The van der Waals surface area contributed by atoms with Crippen LogP contribution in [0, 0.1) is 18.3 Å². The van der Waals surface area contributed by atoms with Crippen LogP contribution in [-0.2, 0) is 32.7 Å². The summed E-state index contributed by atoms with van der Waals surface area (Å²) in [4.78, 5) is 18.5. The van der Waals surface area contributed by atoms with Gasteiger partial charge in [-0.15, -0.1) is 0 Å². The van der Waals surface area contributed by atoms with E-state index in [2.05, 4.69) is 30.4 Å². The molecular weight excluding hydrogens is 631 g/mol. The molecule has 12 heteroatoms. The molecule has 0 radical (unpaired) electrons. The SMILES string of the molecule is COc1cc(C)c2c(ccn2C(=O)OC(C)(C)C)c1C(C)(NS(=O)C(C)(C)C)c1nc2ccc(C#N)cc2n1COCC[Si](C)(C)C. The van der Waals surface area contributed by atoms with E-state index < -0.39 is 41.0 Å². The molecule has 0 saturated carbocycles. The first-order valence-corrected chi connectivity index (χ1v) is 20.7. The quantitative estimate of drug-likeness (QED) is 0.135. The zero-order valence-electron chi connectivity index (χ0n) is 29.8. The first-order valence-electron chi connectivity index (χ1n) is 15.8.